The van der Waals surface area contributed by atoms with E-state index in [9.17, 15) is 14.0 Å². The van der Waals surface area contributed by atoms with Gasteiger partial charge in [-0.3, -0.25) is 4.79 Å². The van der Waals surface area contributed by atoms with Crippen molar-refractivity contribution in [3.05, 3.63) is 64.4 Å². The Labute approximate surface area is 159 Å². The molecule has 0 aliphatic heterocycles. The van der Waals surface area contributed by atoms with E-state index >= 15 is 0 Å². The Morgan fingerprint density at radius 1 is 1.30 bits per heavy atom. The number of hydrogen-bond acceptors (Lipinski definition) is 5. The van der Waals surface area contributed by atoms with Crippen molar-refractivity contribution in [1.29, 1.82) is 5.26 Å². The summed E-state index contributed by atoms with van der Waals surface area (Å²) in [5.41, 5.74) is 0.106. The Bertz CT molecular complexity index is 938. The maximum absolute atomic E-state index is 13.6. The van der Waals surface area contributed by atoms with Gasteiger partial charge in [0.05, 0.1) is 12.8 Å². The first-order valence-electron chi connectivity index (χ1n) is 7.61. The van der Waals surface area contributed by atoms with E-state index in [4.69, 9.17) is 26.3 Å². The van der Waals surface area contributed by atoms with Gasteiger partial charge in [0.1, 0.15) is 23.2 Å². The average Bonchev–Trinajstić information content (AvgIpc) is 2.67. The molecule has 0 spiro atoms. The van der Waals surface area contributed by atoms with Crippen molar-refractivity contribution in [3.63, 3.8) is 0 Å². The number of halogens is 2. The number of nitriles is 1. The lowest BCUT2D eigenvalue weighted by atomic mass is 10.1. The lowest BCUT2D eigenvalue weighted by Gasteiger charge is -2.07. The highest BCUT2D eigenvalue weighted by atomic mass is 35.5. The first-order chi connectivity index (χ1) is 12.9. The number of methoxy groups -OCH3 is 1. The van der Waals surface area contributed by atoms with E-state index < -0.39 is 24.3 Å². The summed E-state index contributed by atoms with van der Waals surface area (Å²) in [6, 6.07) is 12.1. The number of ether oxygens (including phenoxy) is 2. The molecule has 0 aliphatic carbocycles. The lowest BCUT2D eigenvalue weighted by Crippen LogP contribution is -2.21. The van der Waals surface area contributed by atoms with Crippen molar-refractivity contribution < 1.29 is 23.5 Å². The third-order valence-corrected chi connectivity index (χ3v) is 3.52. The van der Waals surface area contributed by atoms with Crippen LogP contribution in [0.4, 0.5) is 10.1 Å². The van der Waals surface area contributed by atoms with Crippen LogP contribution >= 0.6 is 11.6 Å². The summed E-state index contributed by atoms with van der Waals surface area (Å²) in [5.74, 6) is -1.89. The van der Waals surface area contributed by atoms with Crippen LogP contribution in [0.25, 0.3) is 6.08 Å². The van der Waals surface area contributed by atoms with Crippen molar-refractivity contribution in [3.8, 4) is 11.8 Å². The molecule has 0 aliphatic rings. The SMILES string of the molecule is COc1cccc(/C=C(\C#N)C(=O)OCC(=O)Nc2cc(Cl)ccc2F)c1. The number of benzene rings is 2. The molecule has 0 saturated carbocycles. The minimum atomic E-state index is -0.984. The molecule has 0 unspecified atom stereocenters. The number of amides is 1. The fourth-order valence-corrected chi connectivity index (χ4v) is 2.20. The number of rotatable bonds is 6. The molecule has 8 heteroatoms. The lowest BCUT2D eigenvalue weighted by molar-refractivity contribution is -0.142. The molecule has 2 aromatic rings. The second-order valence-corrected chi connectivity index (χ2v) is 5.63. The van der Waals surface area contributed by atoms with Gasteiger partial charge in [0.25, 0.3) is 5.91 Å². The molecule has 1 N–H and O–H groups in total. The predicted molar refractivity (Wildman–Crippen MR) is 97.6 cm³/mol. The standard InChI is InChI=1S/C19H14ClFN2O4/c1-26-15-4-2-3-12(8-15)7-13(10-22)19(25)27-11-18(24)23-17-9-14(20)5-6-16(17)21/h2-9H,11H2,1H3,(H,23,24)/b13-7+. The van der Waals surface area contributed by atoms with Crippen LogP contribution < -0.4 is 10.1 Å². The molecule has 0 heterocycles. The smallest absolute Gasteiger partial charge is 0.349 e. The molecule has 0 aromatic heterocycles. The van der Waals surface area contributed by atoms with E-state index in [1.807, 2.05) is 0 Å². The topological polar surface area (TPSA) is 88.4 Å². The van der Waals surface area contributed by atoms with Crippen LogP contribution in [0.5, 0.6) is 5.75 Å². The minimum Gasteiger partial charge on any atom is -0.497 e. The molecule has 2 aromatic carbocycles. The highest BCUT2D eigenvalue weighted by molar-refractivity contribution is 6.30. The maximum atomic E-state index is 13.6. The van der Waals surface area contributed by atoms with Crippen LogP contribution in [0.2, 0.25) is 5.02 Å². The van der Waals surface area contributed by atoms with Gasteiger partial charge in [-0.2, -0.15) is 5.26 Å². The van der Waals surface area contributed by atoms with Crippen molar-refractivity contribution >= 4 is 35.2 Å². The van der Waals surface area contributed by atoms with Crippen LogP contribution in [-0.4, -0.2) is 25.6 Å². The molecule has 2 rings (SSSR count). The minimum absolute atomic E-state index is 0.143. The molecular formula is C19H14ClFN2O4. The summed E-state index contributed by atoms with van der Waals surface area (Å²) < 4.78 is 23.4. The zero-order valence-electron chi connectivity index (χ0n) is 14.2. The number of carbonyl (C=O) groups excluding carboxylic acids is 2. The van der Waals surface area contributed by atoms with Crippen LogP contribution in [0.15, 0.2) is 48.0 Å². The molecule has 0 radical (unpaired) electrons. The normalized spacial score (nSPS) is 10.7. The number of nitrogens with one attached hydrogen (secondary N) is 1. The van der Waals surface area contributed by atoms with Gasteiger partial charge in [-0.15, -0.1) is 0 Å². The van der Waals surface area contributed by atoms with E-state index in [-0.39, 0.29) is 16.3 Å². The zero-order valence-corrected chi connectivity index (χ0v) is 14.9. The summed E-state index contributed by atoms with van der Waals surface area (Å²) in [7, 11) is 1.49. The van der Waals surface area contributed by atoms with Gasteiger partial charge in [-0.05, 0) is 42.0 Å². The van der Waals surface area contributed by atoms with Gasteiger partial charge in [0.2, 0.25) is 0 Å². The quantitative estimate of drug-likeness (QED) is 0.464. The third kappa shape index (κ3) is 5.83. The molecule has 0 atom stereocenters. The van der Waals surface area contributed by atoms with Crippen molar-refractivity contribution in [2.75, 3.05) is 19.0 Å². The Morgan fingerprint density at radius 3 is 2.78 bits per heavy atom. The third-order valence-electron chi connectivity index (χ3n) is 3.28. The second kappa shape index (κ2) is 9.36. The average molecular weight is 389 g/mol. The van der Waals surface area contributed by atoms with E-state index in [1.54, 1.807) is 30.3 Å². The largest absolute Gasteiger partial charge is 0.497 e. The predicted octanol–water partition coefficient (Wildman–Crippen LogP) is 3.58. The summed E-state index contributed by atoms with van der Waals surface area (Å²) >= 11 is 5.73. The van der Waals surface area contributed by atoms with Gasteiger partial charge in [-0.1, -0.05) is 23.7 Å². The van der Waals surface area contributed by atoms with Gasteiger partial charge >= 0.3 is 5.97 Å². The first-order valence-corrected chi connectivity index (χ1v) is 7.98. The van der Waals surface area contributed by atoms with Gasteiger partial charge in [0, 0.05) is 5.02 Å². The zero-order chi connectivity index (χ0) is 19.8. The van der Waals surface area contributed by atoms with Crippen molar-refractivity contribution in [2.45, 2.75) is 0 Å². The summed E-state index contributed by atoms with van der Waals surface area (Å²) in [5, 5.41) is 11.6. The molecule has 0 bridgehead atoms. The first kappa shape index (κ1) is 19.9. The van der Waals surface area contributed by atoms with Gasteiger partial charge in [0.15, 0.2) is 6.61 Å². The number of nitrogens with zero attached hydrogens (tertiary/aromatic N) is 1. The molecular weight excluding hydrogens is 375 g/mol. The summed E-state index contributed by atoms with van der Waals surface area (Å²) in [6.45, 7) is -0.693. The monoisotopic (exact) mass is 388 g/mol. The fourth-order valence-electron chi connectivity index (χ4n) is 2.02. The van der Waals surface area contributed by atoms with Crippen LogP contribution in [0, 0.1) is 17.1 Å². The van der Waals surface area contributed by atoms with Gasteiger partial charge < -0.3 is 14.8 Å². The molecule has 1 amide bonds. The number of hydrogen-bond donors (Lipinski definition) is 1. The molecule has 0 fully saturated rings. The Kier molecular flexibility index (Phi) is 6.92. The molecule has 27 heavy (non-hydrogen) atoms. The van der Waals surface area contributed by atoms with E-state index in [0.717, 1.165) is 6.07 Å². The Balaban J connectivity index is 2.00. The highest BCUT2D eigenvalue weighted by Gasteiger charge is 2.14. The number of anilines is 1. The van der Waals surface area contributed by atoms with Crippen LogP contribution in [-0.2, 0) is 14.3 Å². The Hall–Kier alpha value is -3.37. The summed E-state index contributed by atoms with van der Waals surface area (Å²) in [6.07, 6.45) is 1.30. The molecule has 6 nitrogen and oxygen atoms in total. The maximum Gasteiger partial charge on any atom is 0.349 e. The van der Waals surface area contributed by atoms with E-state index in [0.29, 0.717) is 11.3 Å². The van der Waals surface area contributed by atoms with Crippen molar-refractivity contribution in [2.24, 2.45) is 0 Å². The number of esters is 1. The van der Waals surface area contributed by atoms with Crippen molar-refractivity contribution in [1.82, 2.24) is 0 Å². The van der Waals surface area contributed by atoms with Gasteiger partial charge in [-0.25, -0.2) is 9.18 Å². The number of carbonyl (C=O) groups is 2. The fraction of sp³-hybridized carbons (Fsp3) is 0.105. The van der Waals surface area contributed by atoms with Crippen LogP contribution in [0.3, 0.4) is 0 Å². The summed E-state index contributed by atoms with van der Waals surface area (Å²) in [4.78, 5) is 23.8. The van der Waals surface area contributed by atoms with E-state index in [2.05, 4.69) is 5.32 Å². The highest BCUT2D eigenvalue weighted by Crippen LogP contribution is 2.19. The molecule has 138 valence electrons. The molecule has 0 saturated heterocycles. The Morgan fingerprint density at radius 2 is 2.07 bits per heavy atom. The van der Waals surface area contributed by atoms with E-state index in [1.165, 1.54) is 25.3 Å². The van der Waals surface area contributed by atoms with Crippen LogP contribution in [0.1, 0.15) is 5.56 Å². The second-order valence-electron chi connectivity index (χ2n) is 5.19.